The zero-order valence-corrected chi connectivity index (χ0v) is 15.8. The van der Waals surface area contributed by atoms with Gasteiger partial charge in [-0.25, -0.2) is 4.68 Å². The molecule has 2 aromatic heterocycles. The Morgan fingerprint density at radius 2 is 1.93 bits per heavy atom. The molecule has 0 N–H and O–H groups in total. The Bertz CT molecular complexity index is 931. The molecule has 1 aromatic carbocycles. The highest BCUT2D eigenvalue weighted by atomic mass is 16.2. The summed E-state index contributed by atoms with van der Waals surface area (Å²) in [5, 5.41) is 4.51. The van der Waals surface area contributed by atoms with Gasteiger partial charge < -0.3 is 4.90 Å². The molecule has 138 valence electrons. The molecule has 1 aliphatic heterocycles. The van der Waals surface area contributed by atoms with Crippen LogP contribution in [0.3, 0.4) is 0 Å². The third-order valence-corrected chi connectivity index (χ3v) is 5.20. The average Bonchev–Trinajstić information content (AvgIpc) is 3.06. The Kier molecular flexibility index (Phi) is 4.75. The zero-order valence-electron chi connectivity index (χ0n) is 15.8. The van der Waals surface area contributed by atoms with Crippen molar-refractivity contribution in [3.63, 3.8) is 0 Å². The molecule has 0 unspecified atom stereocenters. The van der Waals surface area contributed by atoms with Crippen LogP contribution in [-0.2, 0) is 0 Å². The topological polar surface area (TPSA) is 51.0 Å². The quantitative estimate of drug-likeness (QED) is 0.701. The molecule has 4 rings (SSSR count). The molecular weight excluding hydrogens is 336 g/mol. The number of amides is 1. The molecule has 1 aliphatic rings. The van der Waals surface area contributed by atoms with Crippen LogP contribution in [0.2, 0.25) is 0 Å². The number of nitrogens with zero attached hydrogens (tertiary/aromatic N) is 4. The van der Waals surface area contributed by atoms with Crippen LogP contribution in [0.4, 0.5) is 0 Å². The fourth-order valence-corrected chi connectivity index (χ4v) is 3.90. The maximum Gasteiger partial charge on any atom is 0.254 e. The van der Waals surface area contributed by atoms with Gasteiger partial charge in [0.15, 0.2) is 0 Å². The van der Waals surface area contributed by atoms with Crippen LogP contribution in [0.25, 0.3) is 5.69 Å². The fraction of sp³-hybridized carbons (Fsp3) is 0.318. The summed E-state index contributed by atoms with van der Waals surface area (Å²) in [4.78, 5) is 19.4. The number of piperidine rings is 1. The Balaban J connectivity index is 1.59. The van der Waals surface area contributed by atoms with Crippen molar-refractivity contribution in [1.82, 2.24) is 19.7 Å². The monoisotopic (exact) mass is 360 g/mol. The molecule has 0 bridgehead atoms. The number of hydrogen-bond donors (Lipinski definition) is 0. The van der Waals surface area contributed by atoms with Gasteiger partial charge in [0.05, 0.1) is 17.4 Å². The summed E-state index contributed by atoms with van der Waals surface area (Å²) in [5.74, 6) is 0.0865. The van der Waals surface area contributed by atoms with Gasteiger partial charge in [-0.3, -0.25) is 9.78 Å². The van der Waals surface area contributed by atoms with E-state index >= 15 is 0 Å². The first-order valence-corrected chi connectivity index (χ1v) is 9.48. The first-order valence-electron chi connectivity index (χ1n) is 9.48. The van der Waals surface area contributed by atoms with Gasteiger partial charge in [0.1, 0.15) is 0 Å². The first kappa shape index (κ1) is 17.5. The van der Waals surface area contributed by atoms with Crippen molar-refractivity contribution in [1.29, 1.82) is 0 Å². The van der Waals surface area contributed by atoms with Crippen LogP contribution in [0, 0.1) is 13.8 Å². The highest BCUT2D eigenvalue weighted by Crippen LogP contribution is 2.31. The van der Waals surface area contributed by atoms with Gasteiger partial charge in [-0.1, -0.05) is 6.07 Å². The molecule has 1 fully saturated rings. The number of benzene rings is 1. The molecule has 0 aliphatic carbocycles. The van der Waals surface area contributed by atoms with Crippen molar-refractivity contribution >= 4 is 5.91 Å². The molecule has 1 atom stereocenters. The Morgan fingerprint density at radius 1 is 1.11 bits per heavy atom. The Hall–Kier alpha value is -2.95. The summed E-state index contributed by atoms with van der Waals surface area (Å²) in [6.45, 7) is 4.80. The summed E-state index contributed by atoms with van der Waals surface area (Å²) in [6, 6.07) is 13.9. The van der Waals surface area contributed by atoms with Crippen LogP contribution >= 0.6 is 0 Å². The van der Waals surface area contributed by atoms with Crippen molar-refractivity contribution in [2.75, 3.05) is 6.54 Å². The lowest BCUT2D eigenvalue weighted by molar-refractivity contribution is 0.0611. The molecule has 5 heteroatoms. The average molecular weight is 360 g/mol. The summed E-state index contributed by atoms with van der Waals surface area (Å²) in [5.41, 5.74) is 4.88. The predicted octanol–water partition coefficient (Wildman–Crippen LogP) is 4.25. The zero-order chi connectivity index (χ0) is 18.8. The molecule has 1 amide bonds. The van der Waals surface area contributed by atoms with Crippen molar-refractivity contribution < 1.29 is 4.79 Å². The van der Waals surface area contributed by atoms with Crippen LogP contribution < -0.4 is 0 Å². The minimum absolute atomic E-state index is 0.0865. The summed E-state index contributed by atoms with van der Waals surface area (Å²) >= 11 is 0. The van der Waals surface area contributed by atoms with Crippen molar-refractivity contribution in [3.8, 4) is 5.69 Å². The standard InChI is InChI=1S/C22H24N4O/c1-16-14-17(2)26(24-16)20-10-8-18(9-11-20)22(27)25-13-4-3-7-21(25)19-6-5-12-23-15-19/h5-6,8-12,14-15,21H,3-4,7,13H2,1-2H3/t21-/m0/s1. The lowest BCUT2D eigenvalue weighted by atomic mass is 9.95. The van der Waals surface area contributed by atoms with Crippen molar-refractivity contribution in [2.24, 2.45) is 0 Å². The van der Waals surface area contributed by atoms with Gasteiger partial charge in [0.25, 0.3) is 5.91 Å². The van der Waals surface area contributed by atoms with E-state index < -0.39 is 0 Å². The number of hydrogen-bond acceptors (Lipinski definition) is 3. The van der Waals surface area contributed by atoms with Crippen LogP contribution in [0.1, 0.15) is 52.6 Å². The maximum atomic E-state index is 13.2. The summed E-state index contributed by atoms with van der Waals surface area (Å²) < 4.78 is 1.91. The van der Waals surface area contributed by atoms with E-state index in [4.69, 9.17) is 0 Å². The van der Waals surface area contributed by atoms with Gasteiger partial charge in [0, 0.05) is 30.2 Å². The SMILES string of the molecule is Cc1cc(C)n(-c2ccc(C(=O)N3CCCC[C@H]3c3cccnc3)cc2)n1. The molecule has 1 saturated heterocycles. The predicted molar refractivity (Wildman–Crippen MR) is 105 cm³/mol. The summed E-state index contributed by atoms with van der Waals surface area (Å²) in [7, 11) is 0. The number of carbonyl (C=O) groups excluding carboxylic acids is 1. The largest absolute Gasteiger partial charge is 0.332 e. The van der Waals surface area contributed by atoms with Gasteiger partial charge in [-0.2, -0.15) is 5.10 Å². The van der Waals surface area contributed by atoms with Gasteiger partial charge in [-0.05, 0) is 75.1 Å². The van der Waals surface area contributed by atoms with Gasteiger partial charge >= 0.3 is 0 Å². The second kappa shape index (κ2) is 7.35. The van der Waals surface area contributed by atoms with E-state index in [2.05, 4.69) is 16.1 Å². The highest BCUT2D eigenvalue weighted by Gasteiger charge is 2.28. The molecule has 27 heavy (non-hydrogen) atoms. The van der Waals surface area contributed by atoms with Crippen LogP contribution in [-0.4, -0.2) is 32.1 Å². The van der Waals surface area contributed by atoms with Crippen LogP contribution in [0.5, 0.6) is 0 Å². The van der Waals surface area contributed by atoms with Crippen molar-refractivity contribution in [2.45, 2.75) is 39.2 Å². The maximum absolute atomic E-state index is 13.2. The first-order chi connectivity index (χ1) is 13.1. The molecule has 0 radical (unpaired) electrons. The van der Waals surface area contributed by atoms with E-state index in [9.17, 15) is 4.79 Å². The second-order valence-electron chi connectivity index (χ2n) is 7.18. The van der Waals surface area contributed by atoms with E-state index in [0.717, 1.165) is 54.0 Å². The Morgan fingerprint density at radius 3 is 2.59 bits per heavy atom. The number of carbonyl (C=O) groups is 1. The fourth-order valence-electron chi connectivity index (χ4n) is 3.90. The smallest absolute Gasteiger partial charge is 0.254 e. The Labute approximate surface area is 159 Å². The molecule has 3 heterocycles. The highest BCUT2D eigenvalue weighted by molar-refractivity contribution is 5.94. The van der Waals surface area contributed by atoms with Crippen molar-refractivity contribution in [3.05, 3.63) is 77.4 Å². The third-order valence-electron chi connectivity index (χ3n) is 5.20. The van der Waals surface area contributed by atoms with E-state index in [0.29, 0.717) is 0 Å². The third kappa shape index (κ3) is 3.50. The molecular formula is C22H24N4O. The molecule has 3 aromatic rings. The molecule has 0 saturated carbocycles. The van der Waals surface area contributed by atoms with Gasteiger partial charge in [0.2, 0.25) is 0 Å². The molecule has 0 spiro atoms. The normalized spacial score (nSPS) is 17.1. The van der Waals surface area contributed by atoms with Gasteiger partial charge in [-0.15, -0.1) is 0 Å². The van der Waals surface area contributed by atoms with E-state index in [-0.39, 0.29) is 11.9 Å². The van der Waals surface area contributed by atoms with Crippen LogP contribution in [0.15, 0.2) is 54.9 Å². The molecule has 5 nitrogen and oxygen atoms in total. The van der Waals surface area contributed by atoms with E-state index in [1.54, 1.807) is 6.20 Å². The number of rotatable bonds is 3. The van der Waals surface area contributed by atoms with E-state index in [1.165, 1.54) is 0 Å². The second-order valence-corrected chi connectivity index (χ2v) is 7.18. The lowest BCUT2D eigenvalue weighted by Crippen LogP contribution is -2.38. The minimum Gasteiger partial charge on any atom is -0.332 e. The summed E-state index contributed by atoms with van der Waals surface area (Å²) in [6.07, 6.45) is 6.83. The number of aryl methyl sites for hydroxylation is 2. The lowest BCUT2D eigenvalue weighted by Gasteiger charge is -2.36. The number of likely N-dealkylation sites (tertiary alicyclic amines) is 1. The van der Waals surface area contributed by atoms with E-state index in [1.807, 2.05) is 66.0 Å². The minimum atomic E-state index is 0.0865. The number of aromatic nitrogens is 3. The number of pyridine rings is 1.